The number of hydrogen-bond donors (Lipinski definition) is 8. The number of hydrogen-bond acceptors (Lipinski definition) is 6. The summed E-state index contributed by atoms with van der Waals surface area (Å²) in [7, 11) is 0. The van der Waals surface area contributed by atoms with Gasteiger partial charge in [0.1, 0.15) is 18.1 Å². The van der Waals surface area contributed by atoms with Crippen LogP contribution in [0.5, 0.6) is 0 Å². The van der Waals surface area contributed by atoms with Gasteiger partial charge in [-0.2, -0.15) is 0 Å². The molecule has 13 nitrogen and oxygen atoms in total. The molecule has 13 heteroatoms. The van der Waals surface area contributed by atoms with Crippen molar-refractivity contribution in [3.63, 3.8) is 0 Å². The topological polar surface area (TPSA) is 225 Å². The number of primary amides is 1. The van der Waals surface area contributed by atoms with E-state index in [-0.39, 0.29) is 25.7 Å². The van der Waals surface area contributed by atoms with Gasteiger partial charge >= 0.3 is 5.97 Å². The fourth-order valence-electron chi connectivity index (χ4n) is 5.23. The van der Waals surface area contributed by atoms with Crippen LogP contribution in [-0.4, -0.2) is 68.8 Å². The molecule has 4 rings (SSSR count). The predicted octanol–water partition coefficient (Wildman–Crippen LogP) is 1.22. The Kier molecular flexibility index (Phi) is 10.6. The number of rotatable bonds is 15. The Morgan fingerprint density at radius 3 is 1.82 bits per heavy atom. The average molecular weight is 618 g/mol. The predicted molar refractivity (Wildman–Crippen MR) is 169 cm³/mol. The molecule has 2 aromatic carbocycles. The van der Waals surface area contributed by atoms with Gasteiger partial charge in [0.15, 0.2) is 0 Å². The lowest BCUT2D eigenvalue weighted by Crippen LogP contribution is -2.59. The minimum atomic E-state index is -1.38. The molecule has 0 radical (unpaired) electrons. The first-order valence-corrected chi connectivity index (χ1v) is 14.7. The van der Waals surface area contributed by atoms with Crippen LogP contribution in [0.2, 0.25) is 0 Å². The van der Waals surface area contributed by atoms with Crippen molar-refractivity contribution >= 4 is 51.4 Å². The van der Waals surface area contributed by atoms with Gasteiger partial charge in [-0.05, 0) is 42.0 Å². The first kappa shape index (κ1) is 32.7. The second-order valence-corrected chi connectivity index (χ2v) is 11.4. The number of aromatic amines is 2. The summed E-state index contributed by atoms with van der Waals surface area (Å²) in [5, 5.41) is 19.2. The molecule has 4 atom stereocenters. The summed E-state index contributed by atoms with van der Waals surface area (Å²) in [6.45, 7) is 3.38. The second-order valence-electron chi connectivity index (χ2n) is 11.4. The van der Waals surface area contributed by atoms with E-state index >= 15 is 0 Å². The van der Waals surface area contributed by atoms with Gasteiger partial charge in [0.2, 0.25) is 23.6 Å². The molecule has 238 valence electrons. The lowest BCUT2D eigenvalue weighted by molar-refractivity contribution is -0.143. The number of benzene rings is 2. The largest absolute Gasteiger partial charge is 0.480 e. The fourth-order valence-corrected chi connectivity index (χ4v) is 5.23. The molecule has 2 aromatic heterocycles. The van der Waals surface area contributed by atoms with Crippen molar-refractivity contribution in [2.45, 2.75) is 63.7 Å². The van der Waals surface area contributed by atoms with Crippen LogP contribution in [-0.2, 0) is 36.8 Å². The highest BCUT2D eigenvalue weighted by atomic mass is 16.4. The van der Waals surface area contributed by atoms with E-state index in [4.69, 9.17) is 11.5 Å². The quantitative estimate of drug-likeness (QED) is 0.0972. The number of H-pyrrole nitrogens is 2. The molecule has 0 spiro atoms. The van der Waals surface area contributed by atoms with Gasteiger partial charge in [-0.1, -0.05) is 50.2 Å². The van der Waals surface area contributed by atoms with E-state index < -0.39 is 59.7 Å². The van der Waals surface area contributed by atoms with Gasteiger partial charge in [0, 0.05) is 47.0 Å². The number of nitrogens with two attached hydrogens (primary N) is 2. The van der Waals surface area contributed by atoms with E-state index in [1.807, 2.05) is 48.5 Å². The summed E-state index contributed by atoms with van der Waals surface area (Å²) >= 11 is 0. The summed E-state index contributed by atoms with van der Waals surface area (Å²) in [6, 6.07) is 10.5. The maximum atomic E-state index is 13.8. The second kappa shape index (κ2) is 14.5. The molecule has 4 amide bonds. The highest BCUT2D eigenvalue weighted by molar-refractivity contribution is 5.95. The smallest absolute Gasteiger partial charge is 0.326 e. The molecule has 0 aliphatic rings. The number of para-hydroxylation sites is 2. The van der Waals surface area contributed by atoms with Gasteiger partial charge < -0.3 is 42.5 Å². The summed E-state index contributed by atoms with van der Waals surface area (Å²) in [5.74, 6) is -4.44. The number of amides is 4. The van der Waals surface area contributed by atoms with Crippen LogP contribution in [0.3, 0.4) is 0 Å². The monoisotopic (exact) mass is 617 g/mol. The number of nitrogens with one attached hydrogen (secondary N) is 5. The van der Waals surface area contributed by atoms with Crippen LogP contribution in [0.1, 0.15) is 37.8 Å². The number of carbonyl (C=O) groups is 5. The van der Waals surface area contributed by atoms with Crippen molar-refractivity contribution in [3.05, 3.63) is 72.1 Å². The van der Waals surface area contributed by atoms with E-state index in [2.05, 4.69) is 25.9 Å². The molecule has 0 saturated carbocycles. The first-order valence-electron chi connectivity index (χ1n) is 14.7. The molecule has 2 heterocycles. The van der Waals surface area contributed by atoms with Crippen molar-refractivity contribution in [3.8, 4) is 0 Å². The number of carboxylic acid groups (broad SMARTS) is 1. The Hall–Kier alpha value is -5.17. The van der Waals surface area contributed by atoms with Gasteiger partial charge in [-0.15, -0.1) is 0 Å². The minimum absolute atomic E-state index is 0.0875. The summed E-state index contributed by atoms with van der Waals surface area (Å²) in [4.78, 5) is 69.6. The van der Waals surface area contributed by atoms with Crippen molar-refractivity contribution in [1.82, 2.24) is 25.9 Å². The summed E-state index contributed by atoms with van der Waals surface area (Å²) in [6.07, 6.45) is 3.41. The van der Waals surface area contributed by atoms with E-state index in [9.17, 15) is 29.1 Å². The molecule has 45 heavy (non-hydrogen) atoms. The normalized spacial score (nSPS) is 14.0. The maximum Gasteiger partial charge on any atom is 0.326 e. The number of carboxylic acids is 1. The summed E-state index contributed by atoms with van der Waals surface area (Å²) < 4.78 is 0. The Bertz CT molecular complexity index is 1690. The molecular weight excluding hydrogens is 578 g/mol. The zero-order valence-electron chi connectivity index (χ0n) is 25.1. The van der Waals surface area contributed by atoms with Gasteiger partial charge in [-0.25, -0.2) is 4.79 Å². The Labute approximate surface area is 259 Å². The third-order valence-corrected chi connectivity index (χ3v) is 7.72. The van der Waals surface area contributed by atoms with Crippen LogP contribution in [0, 0.1) is 5.92 Å². The van der Waals surface area contributed by atoms with Crippen molar-refractivity contribution in [2.24, 2.45) is 17.4 Å². The van der Waals surface area contributed by atoms with Gasteiger partial charge in [0.25, 0.3) is 0 Å². The Balaban J connectivity index is 1.53. The Morgan fingerprint density at radius 2 is 1.29 bits per heavy atom. The molecular formula is C32H39N7O6. The third-order valence-electron chi connectivity index (χ3n) is 7.72. The highest BCUT2D eigenvalue weighted by Crippen LogP contribution is 2.21. The van der Waals surface area contributed by atoms with Gasteiger partial charge in [0.05, 0.1) is 6.04 Å². The standard InChI is InChI=1S/C32H39N7O6/c1-17(2)28(31(43)37-25(32(44)45)11-12-27(34)40)39-30(42)26(14-19-16-36-24-10-6-4-8-21(19)24)38-29(41)22(33)13-18-15-35-23-9-5-3-7-20(18)23/h3-10,15-17,22,25-26,28,35-36H,11-14,33H2,1-2H3,(H2,34,40)(H,37,43)(H,38,41)(H,39,42)(H,44,45). The van der Waals surface area contributed by atoms with Crippen LogP contribution < -0.4 is 27.4 Å². The Morgan fingerprint density at radius 1 is 0.756 bits per heavy atom. The number of aliphatic carboxylic acids is 1. The zero-order valence-corrected chi connectivity index (χ0v) is 25.1. The minimum Gasteiger partial charge on any atom is -0.480 e. The first-order chi connectivity index (χ1) is 21.4. The van der Waals surface area contributed by atoms with Crippen LogP contribution in [0.15, 0.2) is 60.9 Å². The fraction of sp³-hybridized carbons (Fsp3) is 0.344. The average Bonchev–Trinajstić information content (AvgIpc) is 3.61. The van der Waals surface area contributed by atoms with Crippen LogP contribution >= 0.6 is 0 Å². The van der Waals surface area contributed by atoms with E-state index in [0.29, 0.717) is 0 Å². The van der Waals surface area contributed by atoms with Crippen LogP contribution in [0.4, 0.5) is 0 Å². The molecule has 4 unspecified atom stereocenters. The van der Waals surface area contributed by atoms with Crippen molar-refractivity contribution in [1.29, 1.82) is 0 Å². The summed E-state index contributed by atoms with van der Waals surface area (Å²) in [5.41, 5.74) is 14.8. The van der Waals surface area contributed by atoms with Crippen molar-refractivity contribution < 1.29 is 29.1 Å². The third kappa shape index (κ3) is 8.26. The zero-order chi connectivity index (χ0) is 32.7. The molecule has 4 aromatic rings. The molecule has 0 fully saturated rings. The molecule has 0 aliphatic carbocycles. The molecule has 0 saturated heterocycles. The maximum absolute atomic E-state index is 13.8. The molecule has 0 aliphatic heterocycles. The lowest BCUT2D eigenvalue weighted by atomic mass is 9.99. The molecule has 10 N–H and O–H groups in total. The van der Waals surface area contributed by atoms with E-state index in [1.165, 1.54) is 0 Å². The van der Waals surface area contributed by atoms with Crippen LogP contribution in [0.25, 0.3) is 21.8 Å². The van der Waals surface area contributed by atoms with Crippen molar-refractivity contribution in [2.75, 3.05) is 0 Å². The lowest BCUT2D eigenvalue weighted by Gasteiger charge is -2.27. The van der Waals surface area contributed by atoms with E-state index in [0.717, 1.165) is 32.9 Å². The number of fused-ring (bicyclic) bond motifs is 2. The molecule has 0 bridgehead atoms. The number of carbonyl (C=O) groups excluding carboxylic acids is 4. The van der Waals surface area contributed by atoms with E-state index in [1.54, 1.807) is 26.2 Å². The highest BCUT2D eigenvalue weighted by Gasteiger charge is 2.32. The SMILES string of the molecule is CC(C)C(NC(=O)C(Cc1c[nH]c2ccccc12)NC(=O)C(N)Cc1c[nH]c2ccccc12)C(=O)NC(CCC(N)=O)C(=O)O. The van der Waals surface area contributed by atoms with Gasteiger partial charge in [-0.3, -0.25) is 19.2 Å². The number of aromatic nitrogens is 2.